The van der Waals surface area contributed by atoms with Crippen molar-refractivity contribution in [1.82, 2.24) is 20.1 Å². The quantitative estimate of drug-likeness (QED) is 0.304. The summed E-state index contributed by atoms with van der Waals surface area (Å²) in [5.74, 6) is 1.39. The first-order valence-corrected chi connectivity index (χ1v) is 14.0. The fraction of sp³-hybridized carbons (Fsp3) is 0.267. The zero-order valence-electron chi connectivity index (χ0n) is 22.3. The lowest BCUT2D eigenvalue weighted by Gasteiger charge is -2.17. The first kappa shape index (κ1) is 26.5. The lowest BCUT2D eigenvalue weighted by atomic mass is 10.1. The summed E-state index contributed by atoms with van der Waals surface area (Å²) >= 11 is 1.34. The smallest absolute Gasteiger partial charge is 0.251 e. The number of rotatable bonds is 9. The number of ether oxygens (including phenoxy) is 1. The minimum atomic E-state index is -0.184. The van der Waals surface area contributed by atoms with Crippen LogP contribution in [0.3, 0.4) is 0 Å². The highest BCUT2D eigenvalue weighted by molar-refractivity contribution is 7.99. The number of fused-ring (bicyclic) bond motifs is 1. The molecule has 0 bridgehead atoms. The fourth-order valence-corrected chi connectivity index (χ4v) is 5.42. The number of aryl methyl sites for hydroxylation is 2. The second-order valence-electron chi connectivity index (χ2n) is 9.36. The molecular formula is C30H31N5O3S. The predicted molar refractivity (Wildman–Crippen MR) is 153 cm³/mol. The number of thioether (sulfide) groups is 1. The van der Waals surface area contributed by atoms with Crippen molar-refractivity contribution in [1.29, 1.82) is 0 Å². The zero-order chi connectivity index (χ0) is 27.4. The van der Waals surface area contributed by atoms with Gasteiger partial charge in [0.05, 0.1) is 18.9 Å². The number of anilines is 1. The van der Waals surface area contributed by atoms with E-state index in [1.165, 1.54) is 17.3 Å². The highest BCUT2D eigenvalue weighted by Crippen LogP contribution is 2.29. The molecule has 0 saturated heterocycles. The maximum absolute atomic E-state index is 13.1. The molecular weight excluding hydrogens is 510 g/mol. The fourth-order valence-electron chi connectivity index (χ4n) is 4.57. The van der Waals surface area contributed by atoms with E-state index in [4.69, 9.17) is 4.74 Å². The number of hydrogen-bond donors (Lipinski definition) is 1. The molecule has 2 amide bonds. The topological polar surface area (TPSA) is 89.3 Å². The Labute approximate surface area is 232 Å². The van der Waals surface area contributed by atoms with Crippen molar-refractivity contribution in [3.8, 4) is 11.4 Å². The summed E-state index contributed by atoms with van der Waals surface area (Å²) in [6.07, 6.45) is 0.860. The van der Waals surface area contributed by atoms with E-state index < -0.39 is 0 Å². The van der Waals surface area contributed by atoms with Crippen LogP contribution in [0, 0.1) is 13.8 Å². The molecule has 1 N–H and O–H groups in total. The normalized spacial score (nSPS) is 12.3. The van der Waals surface area contributed by atoms with Crippen LogP contribution in [0.5, 0.6) is 5.75 Å². The van der Waals surface area contributed by atoms with Crippen molar-refractivity contribution in [3.63, 3.8) is 0 Å². The van der Waals surface area contributed by atoms with Gasteiger partial charge in [-0.2, -0.15) is 0 Å². The Balaban J connectivity index is 1.35. The van der Waals surface area contributed by atoms with E-state index >= 15 is 0 Å². The van der Waals surface area contributed by atoms with E-state index in [9.17, 15) is 9.59 Å². The number of hydrogen-bond acceptors (Lipinski definition) is 6. The van der Waals surface area contributed by atoms with Gasteiger partial charge in [0.25, 0.3) is 5.91 Å². The van der Waals surface area contributed by atoms with E-state index in [1.807, 2.05) is 90.9 Å². The standard InChI is InChI=1S/C30H31N5O3S/c1-4-38-25-13-11-24(12-14-25)35-27(18-31-29(37)23-10-9-20(2)21(3)17-23)32-33-30(35)39-19-28(36)34-16-15-22-7-5-6-8-26(22)34/h5-14,17H,4,15-16,18-19H2,1-3H3,(H,31,37). The lowest BCUT2D eigenvalue weighted by Crippen LogP contribution is -2.30. The second-order valence-corrected chi connectivity index (χ2v) is 10.3. The van der Waals surface area contributed by atoms with Gasteiger partial charge in [-0.25, -0.2) is 0 Å². The van der Waals surface area contributed by atoms with Crippen molar-refractivity contribution < 1.29 is 14.3 Å². The molecule has 0 aliphatic carbocycles. The van der Waals surface area contributed by atoms with E-state index in [-0.39, 0.29) is 24.1 Å². The average Bonchev–Trinajstić information content (AvgIpc) is 3.57. The number of nitrogens with zero attached hydrogens (tertiary/aromatic N) is 4. The van der Waals surface area contributed by atoms with Crippen LogP contribution < -0.4 is 15.0 Å². The van der Waals surface area contributed by atoms with Crippen molar-refractivity contribution in [2.75, 3.05) is 23.8 Å². The first-order valence-electron chi connectivity index (χ1n) is 13.0. The number of aromatic nitrogens is 3. The van der Waals surface area contributed by atoms with Gasteiger partial charge in [-0.3, -0.25) is 14.2 Å². The highest BCUT2D eigenvalue weighted by atomic mass is 32.2. The molecule has 0 atom stereocenters. The van der Waals surface area contributed by atoms with Crippen LogP contribution in [-0.4, -0.2) is 45.5 Å². The average molecular weight is 542 g/mol. The largest absolute Gasteiger partial charge is 0.494 e. The van der Waals surface area contributed by atoms with E-state index in [2.05, 4.69) is 21.6 Å². The molecule has 1 aromatic heterocycles. The Bertz CT molecular complexity index is 1500. The highest BCUT2D eigenvalue weighted by Gasteiger charge is 2.25. The number of amides is 2. The number of benzene rings is 3. The molecule has 0 radical (unpaired) electrons. The van der Waals surface area contributed by atoms with E-state index in [0.717, 1.165) is 34.7 Å². The summed E-state index contributed by atoms with van der Waals surface area (Å²) in [7, 11) is 0. The molecule has 9 heteroatoms. The van der Waals surface area contributed by atoms with Crippen LogP contribution in [-0.2, 0) is 17.8 Å². The Morgan fingerprint density at radius 1 is 1.00 bits per heavy atom. The zero-order valence-corrected chi connectivity index (χ0v) is 23.1. The van der Waals surface area contributed by atoms with Gasteiger partial charge in [-0.05, 0) is 86.3 Å². The molecule has 4 aromatic rings. The molecule has 0 fully saturated rings. The molecule has 1 aliphatic heterocycles. The van der Waals surface area contributed by atoms with Crippen molar-refractivity contribution >= 4 is 29.3 Å². The van der Waals surface area contributed by atoms with Gasteiger partial charge in [0.2, 0.25) is 5.91 Å². The van der Waals surface area contributed by atoms with Crippen LogP contribution in [0.1, 0.15) is 39.8 Å². The van der Waals surface area contributed by atoms with Gasteiger partial charge >= 0.3 is 0 Å². The maximum Gasteiger partial charge on any atom is 0.251 e. The van der Waals surface area contributed by atoms with Crippen LogP contribution in [0.2, 0.25) is 0 Å². The second kappa shape index (κ2) is 11.7. The minimum absolute atomic E-state index is 0.0239. The first-order chi connectivity index (χ1) is 18.9. The summed E-state index contributed by atoms with van der Waals surface area (Å²) in [6.45, 7) is 7.38. The molecule has 3 aromatic carbocycles. The molecule has 1 aliphatic rings. The van der Waals surface area contributed by atoms with Crippen LogP contribution in [0.15, 0.2) is 71.9 Å². The minimum Gasteiger partial charge on any atom is -0.494 e. The summed E-state index contributed by atoms with van der Waals surface area (Å²) < 4.78 is 7.48. The third kappa shape index (κ3) is 5.83. The Morgan fingerprint density at radius 3 is 2.56 bits per heavy atom. The van der Waals surface area contributed by atoms with Gasteiger partial charge in [0.15, 0.2) is 11.0 Å². The van der Waals surface area contributed by atoms with Crippen molar-refractivity contribution in [3.05, 3.63) is 94.8 Å². The predicted octanol–water partition coefficient (Wildman–Crippen LogP) is 4.89. The van der Waals surface area contributed by atoms with Gasteiger partial charge in [-0.1, -0.05) is 36.0 Å². The van der Waals surface area contributed by atoms with Gasteiger partial charge in [0, 0.05) is 23.5 Å². The van der Waals surface area contributed by atoms with Crippen LogP contribution in [0.25, 0.3) is 5.69 Å². The molecule has 39 heavy (non-hydrogen) atoms. The number of carbonyl (C=O) groups is 2. The van der Waals surface area contributed by atoms with Crippen molar-refractivity contribution in [2.45, 2.75) is 38.9 Å². The van der Waals surface area contributed by atoms with Gasteiger partial charge < -0.3 is 15.0 Å². The number of carbonyl (C=O) groups excluding carboxylic acids is 2. The van der Waals surface area contributed by atoms with Crippen molar-refractivity contribution in [2.24, 2.45) is 0 Å². The Morgan fingerprint density at radius 2 is 1.79 bits per heavy atom. The third-order valence-electron chi connectivity index (χ3n) is 6.80. The summed E-state index contributed by atoms with van der Waals surface area (Å²) in [5, 5.41) is 12.3. The number of nitrogens with one attached hydrogen (secondary N) is 1. The molecule has 0 unspecified atom stereocenters. The van der Waals surface area contributed by atoms with Crippen LogP contribution >= 0.6 is 11.8 Å². The molecule has 0 saturated carbocycles. The lowest BCUT2D eigenvalue weighted by molar-refractivity contribution is -0.116. The Kier molecular flexibility index (Phi) is 7.97. The Hall–Kier alpha value is -4.11. The van der Waals surface area contributed by atoms with Gasteiger partial charge in [0.1, 0.15) is 5.75 Å². The SMILES string of the molecule is CCOc1ccc(-n2c(CNC(=O)c3ccc(C)c(C)c3)nnc2SCC(=O)N2CCc3ccccc32)cc1. The number of para-hydroxylation sites is 1. The van der Waals surface area contributed by atoms with E-state index in [0.29, 0.717) is 29.7 Å². The summed E-state index contributed by atoms with van der Waals surface area (Å²) in [5.41, 5.74) is 5.78. The van der Waals surface area contributed by atoms with Crippen LogP contribution in [0.4, 0.5) is 5.69 Å². The molecule has 200 valence electrons. The molecule has 5 rings (SSSR count). The molecule has 0 spiro atoms. The third-order valence-corrected chi connectivity index (χ3v) is 7.71. The molecule has 8 nitrogen and oxygen atoms in total. The molecule has 2 heterocycles. The van der Waals surface area contributed by atoms with Gasteiger partial charge in [-0.15, -0.1) is 10.2 Å². The monoisotopic (exact) mass is 541 g/mol. The summed E-state index contributed by atoms with van der Waals surface area (Å²) in [6, 6.07) is 21.3. The van der Waals surface area contributed by atoms with E-state index in [1.54, 1.807) is 0 Å². The maximum atomic E-state index is 13.1. The summed E-state index contributed by atoms with van der Waals surface area (Å²) in [4.78, 5) is 27.9.